The van der Waals surface area contributed by atoms with Crippen LogP contribution in [-0.2, 0) is 14.8 Å². The third-order valence-corrected chi connectivity index (χ3v) is 7.87. The number of carbonyl (C=O) groups excluding carboxylic acids is 1. The summed E-state index contributed by atoms with van der Waals surface area (Å²) < 4.78 is 26.6. The Hall–Kier alpha value is -1.81. The van der Waals surface area contributed by atoms with Gasteiger partial charge < -0.3 is 10.2 Å². The van der Waals surface area contributed by atoms with Crippen LogP contribution in [0.3, 0.4) is 0 Å². The third kappa shape index (κ3) is 6.33. The van der Waals surface area contributed by atoms with Crippen LogP contribution in [0.15, 0.2) is 53.6 Å². The predicted octanol–water partition coefficient (Wildman–Crippen LogP) is 2.10. The highest BCUT2D eigenvalue weighted by atomic mass is 35.5. The number of anilines is 1. The molecule has 0 spiro atoms. The molecule has 0 atom stereocenters. The Labute approximate surface area is 180 Å². The highest BCUT2D eigenvalue weighted by molar-refractivity contribution is 8.00. The molecule has 0 saturated carbocycles. The number of halogens is 1. The van der Waals surface area contributed by atoms with E-state index >= 15 is 0 Å². The fraction of sp³-hybridized carbons (Fsp3) is 0.368. The Morgan fingerprint density at radius 2 is 1.83 bits per heavy atom. The minimum atomic E-state index is -3.41. The molecule has 1 aromatic carbocycles. The number of nitrogens with one attached hydrogen (secondary N) is 1. The van der Waals surface area contributed by atoms with E-state index in [-0.39, 0.29) is 24.0 Å². The molecular weight excluding hydrogens is 432 g/mol. The summed E-state index contributed by atoms with van der Waals surface area (Å²) >= 11 is 7.39. The summed E-state index contributed by atoms with van der Waals surface area (Å²) in [7, 11) is -3.41. The average molecular weight is 455 g/mol. The number of benzene rings is 1. The number of sulfonamides is 1. The largest absolute Gasteiger partial charge is 0.354 e. The highest BCUT2D eigenvalue weighted by Crippen LogP contribution is 2.26. The van der Waals surface area contributed by atoms with Gasteiger partial charge in [0.05, 0.1) is 16.5 Å². The molecule has 0 radical (unpaired) electrons. The molecular formula is C19H23ClN4O3S2. The van der Waals surface area contributed by atoms with Crippen molar-refractivity contribution >= 4 is 45.1 Å². The van der Waals surface area contributed by atoms with Crippen LogP contribution in [0.4, 0.5) is 5.82 Å². The van der Waals surface area contributed by atoms with Crippen molar-refractivity contribution in [3.8, 4) is 0 Å². The lowest BCUT2D eigenvalue weighted by molar-refractivity contribution is -0.118. The predicted molar refractivity (Wildman–Crippen MR) is 117 cm³/mol. The van der Waals surface area contributed by atoms with E-state index in [1.165, 1.54) is 16.1 Å². The van der Waals surface area contributed by atoms with Gasteiger partial charge in [-0.05, 0) is 24.3 Å². The summed E-state index contributed by atoms with van der Waals surface area (Å²) in [6, 6.07) is 13.0. The average Bonchev–Trinajstić information content (AvgIpc) is 2.74. The van der Waals surface area contributed by atoms with Gasteiger partial charge >= 0.3 is 0 Å². The van der Waals surface area contributed by atoms with Gasteiger partial charge in [0.2, 0.25) is 15.9 Å². The molecule has 10 heteroatoms. The summed E-state index contributed by atoms with van der Waals surface area (Å²) in [5.41, 5.74) is 0. The van der Waals surface area contributed by atoms with Crippen molar-refractivity contribution in [2.45, 2.75) is 4.90 Å². The quantitative estimate of drug-likeness (QED) is 0.615. The van der Waals surface area contributed by atoms with E-state index in [1.807, 2.05) is 36.4 Å². The van der Waals surface area contributed by atoms with E-state index in [1.54, 1.807) is 12.3 Å². The van der Waals surface area contributed by atoms with Crippen molar-refractivity contribution in [3.05, 3.63) is 53.7 Å². The summed E-state index contributed by atoms with van der Waals surface area (Å²) in [4.78, 5) is 19.2. The van der Waals surface area contributed by atoms with E-state index < -0.39 is 10.0 Å². The van der Waals surface area contributed by atoms with E-state index in [2.05, 4.69) is 15.2 Å². The van der Waals surface area contributed by atoms with Crippen molar-refractivity contribution in [3.63, 3.8) is 0 Å². The molecule has 2 heterocycles. The molecule has 1 saturated heterocycles. The van der Waals surface area contributed by atoms with Gasteiger partial charge in [-0.3, -0.25) is 4.79 Å². The van der Waals surface area contributed by atoms with Gasteiger partial charge in [-0.25, -0.2) is 13.4 Å². The SMILES string of the molecule is O=C(CSc1ccccc1Cl)NCCS(=O)(=O)N1CCN(c2ccccn2)CC1. The molecule has 2 aromatic rings. The number of carbonyl (C=O) groups is 1. The zero-order valence-corrected chi connectivity index (χ0v) is 18.2. The monoisotopic (exact) mass is 454 g/mol. The maximum absolute atomic E-state index is 12.6. The lowest BCUT2D eigenvalue weighted by atomic mass is 10.3. The van der Waals surface area contributed by atoms with Crippen molar-refractivity contribution in [1.29, 1.82) is 0 Å². The van der Waals surface area contributed by atoms with E-state index in [0.717, 1.165) is 10.7 Å². The van der Waals surface area contributed by atoms with Gasteiger partial charge in [0, 0.05) is 43.8 Å². The Balaban J connectivity index is 1.40. The number of hydrogen-bond donors (Lipinski definition) is 1. The maximum Gasteiger partial charge on any atom is 0.230 e. The first-order valence-electron chi connectivity index (χ1n) is 9.23. The molecule has 0 unspecified atom stereocenters. The summed E-state index contributed by atoms with van der Waals surface area (Å²) in [6.45, 7) is 2.10. The molecule has 1 aromatic heterocycles. The number of pyridine rings is 1. The van der Waals surface area contributed by atoms with Crippen LogP contribution in [0.25, 0.3) is 0 Å². The Kier molecular flexibility index (Phi) is 7.77. The molecule has 29 heavy (non-hydrogen) atoms. The standard InChI is InChI=1S/C19H23ClN4O3S2/c20-16-5-1-2-6-17(16)28-15-19(25)22-9-14-29(26,27)24-12-10-23(11-13-24)18-7-3-4-8-21-18/h1-8H,9-15H2,(H,22,25). The van der Waals surface area contributed by atoms with E-state index in [4.69, 9.17) is 11.6 Å². The van der Waals surface area contributed by atoms with E-state index in [0.29, 0.717) is 31.2 Å². The van der Waals surface area contributed by atoms with Crippen molar-refractivity contribution in [1.82, 2.24) is 14.6 Å². The van der Waals surface area contributed by atoms with Gasteiger partial charge in [-0.15, -0.1) is 11.8 Å². The van der Waals surface area contributed by atoms with Gasteiger partial charge in [0.15, 0.2) is 0 Å². The number of rotatable bonds is 8. The van der Waals surface area contributed by atoms with Crippen LogP contribution in [-0.4, -0.2) is 67.8 Å². The van der Waals surface area contributed by atoms with Gasteiger partial charge in [-0.2, -0.15) is 4.31 Å². The van der Waals surface area contributed by atoms with Gasteiger partial charge in [0.1, 0.15) is 5.82 Å². The maximum atomic E-state index is 12.6. The molecule has 156 valence electrons. The van der Waals surface area contributed by atoms with Crippen LogP contribution in [0, 0.1) is 0 Å². The van der Waals surface area contributed by atoms with Crippen molar-refractivity contribution in [2.24, 2.45) is 0 Å². The fourth-order valence-electron chi connectivity index (χ4n) is 2.94. The second-order valence-corrected chi connectivity index (χ2v) is 9.97. The minimum Gasteiger partial charge on any atom is -0.354 e. The first kappa shape index (κ1) is 21.9. The second-order valence-electron chi connectivity index (χ2n) is 6.46. The van der Waals surface area contributed by atoms with E-state index in [9.17, 15) is 13.2 Å². The van der Waals surface area contributed by atoms with Gasteiger partial charge in [-0.1, -0.05) is 29.8 Å². The summed E-state index contributed by atoms with van der Waals surface area (Å²) in [6.07, 6.45) is 1.73. The fourth-order valence-corrected chi connectivity index (χ4v) is 5.35. The molecule has 1 N–H and O–H groups in total. The summed E-state index contributed by atoms with van der Waals surface area (Å²) in [5.74, 6) is 0.712. The van der Waals surface area contributed by atoms with Gasteiger partial charge in [0.25, 0.3) is 0 Å². The molecule has 1 aliphatic rings. The second kappa shape index (κ2) is 10.3. The summed E-state index contributed by atoms with van der Waals surface area (Å²) in [5, 5.41) is 3.27. The first-order chi connectivity index (χ1) is 14.0. The van der Waals surface area contributed by atoms with Crippen LogP contribution in [0.2, 0.25) is 5.02 Å². The molecule has 1 amide bonds. The van der Waals surface area contributed by atoms with Crippen LogP contribution in [0.5, 0.6) is 0 Å². The normalized spacial score (nSPS) is 15.3. The lowest BCUT2D eigenvalue weighted by Crippen LogP contribution is -2.50. The molecule has 0 aliphatic carbocycles. The first-order valence-corrected chi connectivity index (χ1v) is 12.2. The number of piperazine rings is 1. The number of hydrogen-bond acceptors (Lipinski definition) is 6. The number of thioether (sulfide) groups is 1. The van der Waals surface area contributed by atoms with Crippen molar-refractivity contribution in [2.75, 3.05) is 49.1 Å². The number of amides is 1. The Bertz CT molecular complexity index is 920. The van der Waals surface area contributed by atoms with Crippen LogP contribution < -0.4 is 10.2 Å². The van der Waals surface area contributed by atoms with Crippen molar-refractivity contribution < 1.29 is 13.2 Å². The van der Waals surface area contributed by atoms with Crippen LogP contribution in [0.1, 0.15) is 0 Å². The number of aromatic nitrogens is 1. The Morgan fingerprint density at radius 1 is 1.10 bits per heavy atom. The molecule has 3 rings (SSSR count). The minimum absolute atomic E-state index is 0.0880. The third-order valence-electron chi connectivity index (χ3n) is 4.48. The zero-order chi connectivity index (χ0) is 20.7. The molecule has 7 nitrogen and oxygen atoms in total. The van der Waals surface area contributed by atoms with Crippen LogP contribution >= 0.6 is 23.4 Å². The topological polar surface area (TPSA) is 82.6 Å². The zero-order valence-electron chi connectivity index (χ0n) is 15.8. The molecule has 0 bridgehead atoms. The Morgan fingerprint density at radius 3 is 2.52 bits per heavy atom. The highest BCUT2D eigenvalue weighted by Gasteiger charge is 2.27. The molecule has 1 fully saturated rings. The number of nitrogens with zero attached hydrogens (tertiary/aromatic N) is 3. The molecule has 1 aliphatic heterocycles. The smallest absolute Gasteiger partial charge is 0.230 e. The lowest BCUT2D eigenvalue weighted by Gasteiger charge is -2.34.